The van der Waals surface area contributed by atoms with Gasteiger partial charge in [0.1, 0.15) is 0 Å². The zero-order valence-electron chi connectivity index (χ0n) is 9.58. The summed E-state index contributed by atoms with van der Waals surface area (Å²) in [4.78, 5) is 2.62. The lowest BCUT2D eigenvalue weighted by Gasteiger charge is -2.26. The second kappa shape index (κ2) is 4.96. The van der Waals surface area contributed by atoms with Crippen molar-refractivity contribution in [1.29, 1.82) is 5.26 Å². The largest absolute Gasteiger partial charge is 0.316 e. The van der Waals surface area contributed by atoms with Crippen LogP contribution in [0.2, 0.25) is 0 Å². The highest BCUT2D eigenvalue weighted by molar-refractivity contribution is 4.97. The topological polar surface area (TPSA) is 39.1 Å². The second-order valence-electron chi connectivity index (χ2n) is 4.81. The molecule has 3 atom stereocenters. The smallest absolute Gasteiger partial charge is 0.0622 e. The van der Waals surface area contributed by atoms with Crippen molar-refractivity contribution in [3.05, 3.63) is 0 Å². The van der Waals surface area contributed by atoms with Gasteiger partial charge in [0.05, 0.1) is 6.07 Å². The molecule has 15 heavy (non-hydrogen) atoms. The number of nitriles is 1. The SMILES string of the molecule is CCC1C2CNCC2CN1CCCC#N. The molecule has 2 saturated heterocycles. The van der Waals surface area contributed by atoms with E-state index in [1.54, 1.807) is 0 Å². The lowest BCUT2D eigenvalue weighted by molar-refractivity contribution is 0.217. The van der Waals surface area contributed by atoms with Crippen LogP contribution in [0.4, 0.5) is 0 Å². The van der Waals surface area contributed by atoms with Crippen LogP contribution < -0.4 is 5.32 Å². The summed E-state index contributed by atoms with van der Waals surface area (Å²) in [6, 6.07) is 3.00. The predicted octanol–water partition coefficient (Wildman–Crippen LogP) is 1.22. The van der Waals surface area contributed by atoms with Crippen molar-refractivity contribution in [2.24, 2.45) is 11.8 Å². The molecule has 0 bridgehead atoms. The van der Waals surface area contributed by atoms with Crippen LogP contribution >= 0.6 is 0 Å². The fourth-order valence-corrected chi connectivity index (χ4v) is 3.29. The summed E-state index contributed by atoms with van der Waals surface area (Å²) in [7, 11) is 0. The van der Waals surface area contributed by atoms with Gasteiger partial charge in [-0.2, -0.15) is 5.26 Å². The summed E-state index contributed by atoms with van der Waals surface area (Å²) in [6.07, 6.45) is 3.01. The maximum atomic E-state index is 8.55. The average molecular weight is 207 g/mol. The second-order valence-corrected chi connectivity index (χ2v) is 4.81. The van der Waals surface area contributed by atoms with Crippen molar-refractivity contribution in [2.75, 3.05) is 26.2 Å². The Balaban J connectivity index is 1.87. The molecule has 2 heterocycles. The molecule has 84 valence electrons. The first-order valence-electron chi connectivity index (χ1n) is 6.18. The Bertz CT molecular complexity index is 246. The van der Waals surface area contributed by atoms with Gasteiger partial charge in [-0.15, -0.1) is 0 Å². The maximum Gasteiger partial charge on any atom is 0.0622 e. The van der Waals surface area contributed by atoms with E-state index in [0.29, 0.717) is 6.42 Å². The molecule has 2 rings (SSSR count). The third-order valence-corrected chi connectivity index (χ3v) is 3.98. The summed E-state index contributed by atoms with van der Waals surface area (Å²) in [6.45, 7) is 7.08. The van der Waals surface area contributed by atoms with E-state index in [-0.39, 0.29) is 0 Å². The van der Waals surface area contributed by atoms with Crippen LogP contribution in [0.15, 0.2) is 0 Å². The van der Waals surface area contributed by atoms with Crippen molar-refractivity contribution < 1.29 is 0 Å². The quantitative estimate of drug-likeness (QED) is 0.705. The van der Waals surface area contributed by atoms with Crippen LogP contribution in [-0.2, 0) is 0 Å². The van der Waals surface area contributed by atoms with Gasteiger partial charge in [-0.1, -0.05) is 6.92 Å². The van der Waals surface area contributed by atoms with Crippen LogP contribution in [0.25, 0.3) is 0 Å². The normalized spacial score (nSPS) is 35.3. The molecule has 1 N–H and O–H groups in total. The van der Waals surface area contributed by atoms with Crippen molar-refractivity contribution in [1.82, 2.24) is 10.2 Å². The van der Waals surface area contributed by atoms with Gasteiger partial charge in [-0.25, -0.2) is 0 Å². The summed E-state index contributed by atoms with van der Waals surface area (Å²) >= 11 is 0. The third-order valence-electron chi connectivity index (χ3n) is 3.98. The monoisotopic (exact) mass is 207 g/mol. The van der Waals surface area contributed by atoms with Crippen LogP contribution in [0.1, 0.15) is 26.2 Å². The number of nitrogens with zero attached hydrogens (tertiary/aromatic N) is 2. The molecule has 0 aromatic rings. The van der Waals surface area contributed by atoms with E-state index < -0.39 is 0 Å². The van der Waals surface area contributed by atoms with Gasteiger partial charge in [0.25, 0.3) is 0 Å². The Kier molecular flexibility index (Phi) is 3.61. The molecule has 3 heteroatoms. The Morgan fingerprint density at radius 3 is 3.07 bits per heavy atom. The fourth-order valence-electron chi connectivity index (χ4n) is 3.29. The molecule has 0 radical (unpaired) electrons. The Morgan fingerprint density at radius 2 is 2.33 bits per heavy atom. The number of hydrogen-bond acceptors (Lipinski definition) is 3. The molecule has 0 aromatic heterocycles. The van der Waals surface area contributed by atoms with Gasteiger partial charge in [0, 0.05) is 19.0 Å². The molecule has 2 aliphatic heterocycles. The number of rotatable bonds is 4. The van der Waals surface area contributed by atoms with E-state index in [1.165, 1.54) is 26.1 Å². The van der Waals surface area contributed by atoms with Crippen LogP contribution in [-0.4, -0.2) is 37.1 Å². The molecule has 0 saturated carbocycles. The summed E-state index contributed by atoms with van der Waals surface area (Å²) in [5.41, 5.74) is 0. The molecule has 2 fully saturated rings. The van der Waals surface area contributed by atoms with Gasteiger partial charge >= 0.3 is 0 Å². The number of unbranched alkanes of at least 4 members (excludes halogenated alkanes) is 1. The lowest BCUT2D eigenvalue weighted by atomic mass is 9.93. The molecular formula is C12H21N3. The highest BCUT2D eigenvalue weighted by Crippen LogP contribution is 2.34. The number of hydrogen-bond donors (Lipinski definition) is 1. The first kappa shape index (κ1) is 10.9. The lowest BCUT2D eigenvalue weighted by Crippen LogP contribution is -2.35. The van der Waals surface area contributed by atoms with Crippen molar-refractivity contribution in [3.8, 4) is 6.07 Å². The number of nitrogens with one attached hydrogen (secondary N) is 1. The summed E-state index contributed by atoms with van der Waals surface area (Å²) in [5.74, 6) is 1.74. The summed E-state index contributed by atoms with van der Waals surface area (Å²) in [5, 5.41) is 12.0. The Hall–Kier alpha value is -0.590. The van der Waals surface area contributed by atoms with Crippen LogP contribution in [0, 0.1) is 23.2 Å². The van der Waals surface area contributed by atoms with E-state index in [0.717, 1.165) is 30.8 Å². The minimum Gasteiger partial charge on any atom is -0.316 e. The Morgan fingerprint density at radius 1 is 1.47 bits per heavy atom. The van der Waals surface area contributed by atoms with Gasteiger partial charge in [-0.05, 0) is 44.3 Å². The molecule has 0 spiro atoms. The van der Waals surface area contributed by atoms with E-state index in [1.807, 2.05) is 0 Å². The molecule has 3 nitrogen and oxygen atoms in total. The third kappa shape index (κ3) is 2.16. The highest BCUT2D eigenvalue weighted by atomic mass is 15.2. The zero-order valence-corrected chi connectivity index (χ0v) is 9.58. The van der Waals surface area contributed by atoms with Gasteiger partial charge in [-0.3, -0.25) is 4.90 Å². The molecule has 2 aliphatic rings. The molecule has 0 aliphatic carbocycles. The van der Waals surface area contributed by atoms with E-state index >= 15 is 0 Å². The van der Waals surface area contributed by atoms with Crippen LogP contribution in [0.5, 0.6) is 0 Å². The van der Waals surface area contributed by atoms with Gasteiger partial charge in [0.2, 0.25) is 0 Å². The Labute approximate surface area is 92.4 Å². The summed E-state index contributed by atoms with van der Waals surface area (Å²) < 4.78 is 0. The number of fused-ring (bicyclic) bond motifs is 1. The minimum atomic E-state index is 0.709. The predicted molar refractivity (Wildman–Crippen MR) is 60.3 cm³/mol. The van der Waals surface area contributed by atoms with E-state index in [2.05, 4.69) is 23.2 Å². The van der Waals surface area contributed by atoms with Gasteiger partial charge in [0.15, 0.2) is 0 Å². The van der Waals surface area contributed by atoms with Crippen molar-refractivity contribution in [3.63, 3.8) is 0 Å². The van der Waals surface area contributed by atoms with E-state index in [4.69, 9.17) is 5.26 Å². The minimum absolute atomic E-state index is 0.709. The molecule has 3 unspecified atom stereocenters. The molecular weight excluding hydrogens is 186 g/mol. The average Bonchev–Trinajstić information content (AvgIpc) is 2.77. The van der Waals surface area contributed by atoms with Gasteiger partial charge < -0.3 is 5.32 Å². The highest BCUT2D eigenvalue weighted by Gasteiger charge is 2.42. The number of likely N-dealkylation sites (tertiary alicyclic amines) is 1. The maximum absolute atomic E-state index is 8.55. The zero-order chi connectivity index (χ0) is 10.7. The first-order chi connectivity index (χ1) is 7.36. The molecule has 0 aromatic carbocycles. The first-order valence-corrected chi connectivity index (χ1v) is 6.18. The molecule has 0 amide bonds. The van der Waals surface area contributed by atoms with Crippen LogP contribution in [0.3, 0.4) is 0 Å². The van der Waals surface area contributed by atoms with Crippen molar-refractivity contribution in [2.45, 2.75) is 32.2 Å². The van der Waals surface area contributed by atoms with E-state index in [9.17, 15) is 0 Å². The standard InChI is InChI=1S/C12H21N3/c1-2-12-11-8-14-7-10(11)9-15(12)6-4-3-5-13/h10-12,14H,2-4,6-9H2,1H3. The van der Waals surface area contributed by atoms with Crippen molar-refractivity contribution >= 4 is 0 Å². The fraction of sp³-hybridized carbons (Fsp3) is 0.917.